The van der Waals surface area contributed by atoms with E-state index in [0.717, 1.165) is 13.0 Å². The number of esters is 1. The molecule has 0 unspecified atom stereocenters. The first kappa shape index (κ1) is 14.0. The molecule has 0 atom stereocenters. The molecule has 0 saturated carbocycles. The van der Waals surface area contributed by atoms with Gasteiger partial charge < -0.3 is 10.1 Å². The summed E-state index contributed by atoms with van der Waals surface area (Å²) in [6.07, 6.45) is 0.905. The average Bonchev–Trinajstić information content (AvgIpc) is 2.47. The fourth-order valence-corrected chi connectivity index (χ4v) is 1.84. The highest BCUT2D eigenvalue weighted by Gasteiger charge is 2.07. The number of carbonyl (C=O) groups excluding carboxylic acids is 1. The maximum atomic E-state index is 11.2. The number of ether oxygens (including phenoxy) is 1. The van der Waals surface area contributed by atoms with Gasteiger partial charge in [-0.2, -0.15) is 0 Å². The van der Waals surface area contributed by atoms with E-state index in [0.29, 0.717) is 5.82 Å². The van der Waals surface area contributed by atoms with Gasteiger partial charge in [-0.15, -0.1) is 10.2 Å². The van der Waals surface area contributed by atoms with Crippen LogP contribution in [-0.2, 0) is 11.2 Å². The molecule has 0 amide bonds. The van der Waals surface area contributed by atoms with Crippen molar-refractivity contribution < 1.29 is 9.53 Å². The summed E-state index contributed by atoms with van der Waals surface area (Å²) in [7, 11) is 1.32. The minimum absolute atomic E-state index is 0.205. The number of hydrogen-bond acceptors (Lipinski definition) is 5. The summed E-state index contributed by atoms with van der Waals surface area (Å²) in [6.45, 7) is 2.84. The predicted octanol–water partition coefficient (Wildman–Crippen LogP) is 2.23. The predicted molar refractivity (Wildman–Crippen MR) is 76.7 cm³/mol. The van der Waals surface area contributed by atoms with Crippen LogP contribution in [0.5, 0.6) is 0 Å². The van der Waals surface area contributed by atoms with Gasteiger partial charge in [0.15, 0.2) is 5.69 Å². The third-order valence-electron chi connectivity index (χ3n) is 2.86. The molecule has 1 aromatic carbocycles. The van der Waals surface area contributed by atoms with E-state index in [1.54, 1.807) is 12.1 Å². The summed E-state index contributed by atoms with van der Waals surface area (Å²) in [5.74, 6) is 0.161. The Morgan fingerprint density at radius 1 is 1.25 bits per heavy atom. The van der Waals surface area contributed by atoms with Crippen LogP contribution in [-0.4, -0.2) is 29.8 Å². The van der Waals surface area contributed by atoms with Crippen LogP contribution in [0.1, 0.15) is 21.6 Å². The fourth-order valence-electron chi connectivity index (χ4n) is 1.84. The van der Waals surface area contributed by atoms with Crippen LogP contribution in [0.15, 0.2) is 36.4 Å². The summed E-state index contributed by atoms with van der Waals surface area (Å²) < 4.78 is 4.56. The highest BCUT2D eigenvalue weighted by atomic mass is 16.5. The lowest BCUT2D eigenvalue weighted by Gasteiger charge is -2.06. The number of benzene rings is 1. The van der Waals surface area contributed by atoms with E-state index in [4.69, 9.17) is 0 Å². The normalized spacial score (nSPS) is 10.1. The van der Waals surface area contributed by atoms with Gasteiger partial charge in [-0.1, -0.05) is 29.8 Å². The summed E-state index contributed by atoms with van der Waals surface area (Å²) in [5, 5.41) is 10.9. The molecule has 0 fully saturated rings. The second kappa shape index (κ2) is 6.65. The first-order valence-electron chi connectivity index (χ1n) is 6.40. The van der Waals surface area contributed by atoms with E-state index in [9.17, 15) is 4.79 Å². The minimum atomic E-state index is -0.483. The molecule has 5 nitrogen and oxygen atoms in total. The highest BCUT2D eigenvalue weighted by Crippen LogP contribution is 2.06. The molecule has 0 radical (unpaired) electrons. The Labute approximate surface area is 118 Å². The lowest BCUT2D eigenvalue weighted by molar-refractivity contribution is 0.0593. The van der Waals surface area contributed by atoms with Crippen LogP contribution < -0.4 is 5.32 Å². The Hall–Kier alpha value is -2.43. The minimum Gasteiger partial charge on any atom is -0.464 e. The Balaban J connectivity index is 1.86. The van der Waals surface area contributed by atoms with Crippen molar-refractivity contribution in [3.8, 4) is 0 Å². The molecule has 2 aromatic rings. The largest absolute Gasteiger partial charge is 0.464 e. The van der Waals surface area contributed by atoms with Crippen molar-refractivity contribution in [2.75, 3.05) is 19.0 Å². The van der Waals surface area contributed by atoms with E-state index in [2.05, 4.69) is 51.4 Å². The molecule has 1 heterocycles. The van der Waals surface area contributed by atoms with Crippen molar-refractivity contribution in [3.63, 3.8) is 0 Å². The lowest BCUT2D eigenvalue weighted by Crippen LogP contribution is -2.10. The second-order valence-electron chi connectivity index (χ2n) is 4.46. The molecule has 0 aliphatic carbocycles. The lowest BCUT2D eigenvalue weighted by atomic mass is 10.1. The molecule has 0 aliphatic rings. The van der Waals surface area contributed by atoms with Crippen LogP contribution in [0.4, 0.5) is 5.82 Å². The van der Waals surface area contributed by atoms with E-state index >= 15 is 0 Å². The van der Waals surface area contributed by atoms with Gasteiger partial charge >= 0.3 is 5.97 Å². The van der Waals surface area contributed by atoms with Gasteiger partial charge in [0.2, 0.25) is 0 Å². The van der Waals surface area contributed by atoms with E-state index in [1.165, 1.54) is 18.2 Å². The third kappa shape index (κ3) is 3.78. The van der Waals surface area contributed by atoms with Crippen molar-refractivity contribution in [3.05, 3.63) is 53.2 Å². The molecule has 0 spiro atoms. The van der Waals surface area contributed by atoms with Crippen LogP contribution >= 0.6 is 0 Å². The zero-order chi connectivity index (χ0) is 14.4. The number of aryl methyl sites for hydroxylation is 1. The molecule has 5 heteroatoms. The molecular weight excluding hydrogens is 254 g/mol. The van der Waals surface area contributed by atoms with Gasteiger partial charge in [-0.25, -0.2) is 4.79 Å². The second-order valence-corrected chi connectivity index (χ2v) is 4.46. The van der Waals surface area contributed by atoms with Crippen molar-refractivity contribution in [1.29, 1.82) is 0 Å². The molecule has 0 bridgehead atoms. The Morgan fingerprint density at radius 2 is 2.10 bits per heavy atom. The summed E-state index contributed by atoms with van der Waals surface area (Å²) in [5.41, 5.74) is 2.73. The molecule has 0 aliphatic heterocycles. The van der Waals surface area contributed by atoms with Crippen molar-refractivity contribution in [2.45, 2.75) is 13.3 Å². The molecular formula is C15H17N3O2. The first-order valence-corrected chi connectivity index (χ1v) is 6.40. The number of anilines is 1. The quantitative estimate of drug-likeness (QED) is 0.845. The topological polar surface area (TPSA) is 64.1 Å². The van der Waals surface area contributed by atoms with Crippen LogP contribution in [0.2, 0.25) is 0 Å². The van der Waals surface area contributed by atoms with E-state index in [1.807, 2.05) is 0 Å². The van der Waals surface area contributed by atoms with Gasteiger partial charge in [0, 0.05) is 6.54 Å². The van der Waals surface area contributed by atoms with Gasteiger partial charge in [-0.3, -0.25) is 0 Å². The third-order valence-corrected chi connectivity index (χ3v) is 2.86. The molecule has 1 N–H and O–H groups in total. The molecule has 1 aromatic heterocycles. The molecule has 2 rings (SSSR count). The number of carbonyl (C=O) groups is 1. The van der Waals surface area contributed by atoms with Crippen molar-refractivity contribution in [2.24, 2.45) is 0 Å². The van der Waals surface area contributed by atoms with Gasteiger partial charge in [-0.05, 0) is 31.0 Å². The van der Waals surface area contributed by atoms with Crippen LogP contribution in [0, 0.1) is 6.92 Å². The summed E-state index contributed by atoms with van der Waals surface area (Å²) in [4.78, 5) is 11.2. The summed E-state index contributed by atoms with van der Waals surface area (Å²) >= 11 is 0. The number of nitrogens with one attached hydrogen (secondary N) is 1. The summed E-state index contributed by atoms with van der Waals surface area (Å²) in [6, 6.07) is 11.7. The Bertz CT molecular complexity index is 582. The van der Waals surface area contributed by atoms with Gasteiger partial charge in [0.1, 0.15) is 5.82 Å². The number of rotatable bonds is 5. The smallest absolute Gasteiger partial charge is 0.358 e. The monoisotopic (exact) mass is 271 g/mol. The highest BCUT2D eigenvalue weighted by molar-refractivity contribution is 5.86. The van der Waals surface area contributed by atoms with Crippen LogP contribution in [0.25, 0.3) is 0 Å². The molecule has 20 heavy (non-hydrogen) atoms. The number of hydrogen-bond donors (Lipinski definition) is 1. The fraction of sp³-hybridized carbons (Fsp3) is 0.267. The van der Waals surface area contributed by atoms with Crippen molar-refractivity contribution in [1.82, 2.24) is 10.2 Å². The Morgan fingerprint density at radius 3 is 2.75 bits per heavy atom. The van der Waals surface area contributed by atoms with Crippen molar-refractivity contribution >= 4 is 11.8 Å². The molecule has 104 valence electrons. The molecule has 0 saturated heterocycles. The van der Waals surface area contributed by atoms with E-state index in [-0.39, 0.29) is 5.69 Å². The number of nitrogens with zero attached hydrogens (tertiary/aromatic N) is 2. The van der Waals surface area contributed by atoms with Crippen LogP contribution in [0.3, 0.4) is 0 Å². The zero-order valence-corrected chi connectivity index (χ0v) is 11.6. The van der Waals surface area contributed by atoms with Gasteiger partial charge in [0.25, 0.3) is 0 Å². The number of methoxy groups -OCH3 is 1. The SMILES string of the molecule is COC(=O)c1ccc(NCCc2cccc(C)c2)nn1. The maximum Gasteiger partial charge on any atom is 0.358 e. The number of aromatic nitrogens is 2. The average molecular weight is 271 g/mol. The van der Waals surface area contributed by atoms with Gasteiger partial charge in [0.05, 0.1) is 7.11 Å². The Kier molecular flexibility index (Phi) is 4.65. The first-order chi connectivity index (χ1) is 9.69. The maximum absolute atomic E-state index is 11.2. The standard InChI is InChI=1S/C15H17N3O2/c1-11-4-3-5-12(10-11)8-9-16-14-7-6-13(17-18-14)15(19)20-2/h3-7,10H,8-9H2,1-2H3,(H,16,18). The zero-order valence-electron chi connectivity index (χ0n) is 11.6. The van der Waals surface area contributed by atoms with E-state index < -0.39 is 5.97 Å².